The predicted octanol–water partition coefficient (Wildman–Crippen LogP) is 3.38. The summed E-state index contributed by atoms with van der Waals surface area (Å²) in [5, 5.41) is 23.1. The van der Waals surface area contributed by atoms with Crippen molar-refractivity contribution in [3.05, 3.63) is 51.1 Å². The van der Waals surface area contributed by atoms with E-state index >= 15 is 0 Å². The number of hydrogen-bond donors (Lipinski definition) is 3. The Kier molecular flexibility index (Phi) is 5.82. The second kappa shape index (κ2) is 8.13. The number of anilines is 1. The third kappa shape index (κ3) is 4.08. The SMILES string of the molecule is CC(C(=O)Nc1ccc(O)c(C(=O)O)c1)N1C(=O)C(=Cc2cccs2)SC1=S. The summed E-state index contributed by atoms with van der Waals surface area (Å²) >= 11 is 7.87. The van der Waals surface area contributed by atoms with Crippen LogP contribution in [0, 0.1) is 0 Å². The third-order valence-electron chi connectivity index (χ3n) is 3.90. The number of aromatic carboxylic acids is 1. The van der Waals surface area contributed by atoms with Crippen LogP contribution >= 0.6 is 35.3 Å². The number of nitrogens with zero attached hydrogens (tertiary/aromatic N) is 1. The molecule has 1 aliphatic heterocycles. The lowest BCUT2D eigenvalue weighted by molar-refractivity contribution is -0.129. The van der Waals surface area contributed by atoms with Gasteiger partial charge in [0.05, 0.1) is 4.91 Å². The van der Waals surface area contributed by atoms with Crippen molar-refractivity contribution in [1.29, 1.82) is 0 Å². The fourth-order valence-corrected chi connectivity index (χ4v) is 4.61. The van der Waals surface area contributed by atoms with Crippen LogP contribution in [0.15, 0.2) is 40.6 Å². The van der Waals surface area contributed by atoms with E-state index in [4.69, 9.17) is 17.3 Å². The molecule has 3 rings (SSSR count). The number of carbonyl (C=O) groups excluding carboxylic acids is 2. The summed E-state index contributed by atoms with van der Waals surface area (Å²) in [6.07, 6.45) is 1.73. The smallest absolute Gasteiger partial charge is 0.339 e. The van der Waals surface area contributed by atoms with Crippen molar-refractivity contribution in [2.24, 2.45) is 0 Å². The molecule has 1 aliphatic rings. The highest BCUT2D eigenvalue weighted by Crippen LogP contribution is 2.34. The summed E-state index contributed by atoms with van der Waals surface area (Å²) in [6, 6.07) is 6.53. The summed E-state index contributed by atoms with van der Waals surface area (Å²) in [7, 11) is 0. The van der Waals surface area contributed by atoms with Gasteiger partial charge in [-0.1, -0.05) is 30.0 Å². The Morgan fingerprint density at radius 3 is 2.71 bits per heavy atom. The number of carboxylic acid groups (broad SMARTS) is 1. The van der Waals surface area contributed by atoms with Crippen LogP contribution < -0.4 is 5.32 Å². The van der Waals surface area contributed by atoms with Crippen LogP contribution in [0.2, 0.25) is 0 Å². The number of carboxylic acids is 1. The van der Waals surface area contributed by atoms with Gasteiger partial charge in [-0.2, -0.15) is 0 Å². The molecule has 0 spiro atoms. The van der Waals surface area contributed by atoms with Gasteiger partial charge in [-0.3, -0.25) is 14.5 Å². The molecule has 0 saturated carbocycles. The zero-order chi connectivity index (χ0) is 20.4. The van der Waals surface area contributed by atoms with Gasteiger partial charge in [0.1, 0.15) is 21.7 Å². The van der Waals surface area contributed by atoms with Crippen molar-refractivity contribution in [3.8, 4) is 5.75 Å². The monoisotopic (exact) mass is 434 g/mol. The fourth-order valence-electron chi connectivity index (χ4n) is 2.47. The molecular formula is C18H14N2O5S3. The van der Waals surface area contributed by atoms with Crippen LogP contribution in [-0.2, 0) is 9.59 Å². The van der Waals surface area contributed by atoms with Gasteiger partial charge in [0, 0.05) is 10.6 Å². The second-order valence-electron chi connectivity index (χ2n) is 5.77. The average Bonchev–Trinajstić information content (AvgIpc) is 3.24. The first kappa shape index (κ1) is 20.1. The standard InChI is InChI=1S/C18H14N2O5S3/c1-9(15(22)19-10-4-5-13(21)12(7-10)17(24)25)20-16(23)14(28-18(20)26)8-11-3-2-6-27-11/h2-9,21H,1H3,(H,19,22)(H,24,25). The summed E-state index contributed by atoms with van der Waals surface area (Å²) in [6.45, 7) is 1.53. The van der Waals surface area contributed by atoms with Crippen LogP contribution in [0.1, 0.15) is 22.2 Å². The van der Waals surface area contributed by atoms with Gasteiger partial charge in [-0.25, -0.2) is 4.79 Å². The van der Waals surface area contributed by atoms with Gasteiger partial charge in [-0.15, -0.1) is 11.3 Å². The molecule has 0 aliphatic carbocycles. The quantitative estimate of drug-likeness (QED) is 0.376. The third-order valence-corrected chi connectivity index (χ3v) is 6.05. The van der Waals surface area contributed by atoms with Gasteiger partial charge in [0.2, 0.25) is 5.91 Å². The van der Waals surface area contributed by atoms with Crippen molar-refractivity contribution in [2.45, 2.75) is 13.0 Å². The molecule has 2 amide bonds. The summed E-state index contributed by atoms with van der Waals surface area (Å²) in [5.74, 6) is -2.62. The van der Waals surface area contributed by atoms with E-state index in [9.17, 15) is 19.5 Å². The molecule has 1 unspecified atom stereocenters. The summed E-state index contributed by atoms with van der Waals surface area (Å²) in [4.78, 5) is 38.9. The zero-order valence-electron chi connectivity index (χ0n) is 14.4. The van der Waals surface area contributed by atoms with Crippen molar-refractivity contribution < 1.29 is 24.6 Å². The molecule has 1 fully saturated rings. The number of aromatic hydroxyl groups is 1. The van der Waals surface area contributed by atoms with Gasteiger partial charge in [-0.05, 0) is 42.6 Å². The Balaban J connectivity index is 1.76. The molecule has 7 nitrogen and oxygen atoms in total. The minimum absolute atomic E-state index is 0.187. The maximum Gasteiger partial charge on any atom is 0.339 e. The van der Waals surface area contributed by atoms with Crippen LogP contribution in [0.25, 0.3) is 6.08 Å². The second-order valence-corrected chi connectivity index (χ2v) is 8.42. The lowest BCUT2D eigenvalue weighted by Gasteiger charge is -2.22. The Labute approximate surface area is 173 Å². The topological polar surface area (TPSA) is 107 Å². The van der Waals surface area contributed by atoms with Crippen LogP contribution in [0.5, 0.6) is 5.75 Å². The Morgan fingerprint density at radius 2 is 2.07 bits per heavy atom. The van der Waals surface area contributed by atoms with E-state index in [1.807, 2.05) is 17.5 Å². The summed E-state index contributed by atoms with van der Waals surface area (Å²) < 4.78 is 0.271. The molecule has 1 atom stereocenters. The molecule has 1 saturated heterocycles. The summed E-state index contributed by atoms with van der Waals surface area (Å²) in [5.41, 5.74) is -0.151. The van der Waals surface area contributed by atoms with Crippen molar-refractivity contribution in [3.63, 3.8) is 0 Å². The van der Waals surface area contributed by atoms with E-state index < -0.39 is 23.7 Å². The molecular weight excluding hydrogens is 420 g/mol. The number of thiocarbonyl (C=S) groups is 1. The first-order valence-corrected chi connectivity index (χ1v) is 10.1. The number of hydrogen-bond acceptors (Lipinski definition) is 7. The molecule has 28 heavy (non-hydrogen) atoms. The van der Waals surface area contributed by atoms with Gasteiger partial charge in [0.15, 0.2) is 0 Å². The largest absolute Gasteiger partial charge is 0.507 e. The van der Waals surface area contributed by atoms with E-state index in [1.54, 1.807) is 6.08 Å². The van der Waals surface area contributed by atoms with E-state index in [0.29, 0.717) is 4.91 Å². The van der Waals surface area contributed by atoms with Crippen molar-refractivity contribution in [1.82, 2.24) is 4.90 Å². The van der Waals surface area contributed by atoms with Crippen molar-refractivity contribution >= 4 is 69.2 Å². The number of rotatable bonds is 5. The number of thiophene rings is 1. The highest BCUT2D eigenvalue weighted by molar-refractivity contribution is 8.26. The molecule has 1 aromatic heterocycles. The Bertz CT molecular complexity index is 1000. The highest BCUT2D eigenvalue weighted by Gasteiger charge is 2.38. The number of thioether (sulfide) groups is 1. The van der Waals surface area contributed by atoms with Crippen molar-refractivity contribution in [2.75, 3.05) is 5.32 Å². The Hall–Kier alpha value is -2.69. The van der Waals surface area contributed by atoms with E-state index in [-0.39, 0.29) is 21.5 Å². The van der Waals surface area contributed by atoms with E-state index in [2.05, 4.69) is 5.32 Å². The van der Waals surface area contributed by atoms with E-state index in [1.165, 1.54) is 35.3 Å². The molecule has 2 aromatic rings. The lowest BCUT2D eigenvalue weighted by atomic mass is 10.1. The number of amides is 2. The zero-order valence-corrected chi connectivity index (χ0v) is 16.9. The number of nitrogens with one attached hydrogen (secondary N) is 1. The van der Waals surface area contributed by atoms with Crippen LogP contribution in [0.3, 0.4) is 0 Å². The highest BCUT2D eigenvalue weighted by atomic mass is 32.2. The molecule has 144 valence electrons. The number of phenols is 1. The maximum atomic E-state index is 12.7. The first-order valence-electron chi connectivity index (χ1n) is 7.95. The normalized spacial score (nSPS) is 16.5. The lowest BCUT2D eigenvalue weighted by Crippen LogP contribution is -2.44. The van der Waals surface area contributed by atoms with Crippen LogP contribution in [0.4, 0.5) is 5.69 Å². The molecule has 0 bridgehead atoms. The fraction of sp³-hybridized carbons (Fsp3) is 0.111. The van der Waals surface area contributed by atoms with Gasteiger partial charge < -0.3 is 15.5 Å². The minimum Gasteiger partial charge on any atom is -0.507 e. The molecule has 1 aromatic carbocycles. The Morgan fingerprint density at radius 1 is 1.32 bits per heavy atom. The first-order chi connectivity index (χ1) is 13.3. The predicted molar refractivity (Wildman–Crippen MR) is 112 cm³/mol. The van der Waals surface area contributed by atoms with Crippen LogP contribution in [-0.4, -0.2) is 43.3 Å². The minimum atomic E-state index is -1.32. The van der Waals surface area contributed by atoms with Gasteiger partial charge >= 0.3 is 5.97 Å². The van der Waals surface area contributed by atoms with E-state index in [0.717, 1.165) is 22.7 Å². The average molecular weight is 435 g/mol. The maximum absolute atomic E-state index is 12.7. The van der Waals surface area contributed by atoms with Gasteiger partial charge in [0.25, 0.3) is 5.91 Å². The number of benzene rings is 1. The molecule has 2 heterocycles. The molecule has 3 N–H and O–H groups in total. The number of carbonyl (C=O) groups is 3. The molecule has 10 heteroatoms. The molecule has 0 radical (unpaired) electrons.